The van der Waals surface area contributed by atoms with Gasteiger partial charge in [-0.2, -0.15) is 0 Å². The molecule has 1 amide bonds. The number of β-amino-alcohol motifs (C(OH)–C–C–N with tert-alkyl or cyclic N) is 1. The predicted octanol–water partition coefficient (Wildman–Crippen LogP) is 0.327. The summed E-state index contributed by atoms with van der Waals surface area (Å²) in [7, 11) is 0. The predicted molar refractivity (Wildman–Crippen MR) is 70.4 cm³/mol. The van der Waals surface area contributed by atoms with Crippen molar-refractivity contribution in [3.63, 3.8) is 0 Å². The zero-order chi connectivity index (χ0) is 13.8. The van der Waals surface area contributed by atoms with Crippen molar-refractivity contribution in [3.8, 4) is 0 Å². The molecule has 0 bridgehead atoms. The van der Waals surface area contributed by atoms with E-state index in [2.05, 4.69) is 4.90 Å². The maximum absolute atomic E-state index is 12.0. The molecule has 0 aromatic rings. The van der Waals surface area contributed by atoms with Gasteiger partial charge >= 0.3 is 0 Å². The first-order chi connectivity index (χ1) is 8.33. The normalized spacial score (nSPS) is 19.9. The number of carbonyl (C=O) groups excluding carboxylic acids is 1. The van der Waals surface area contributed by atoms with Gasteiger partial charge in [0, 0.05) is 39.3 Å². The minimum absolute atomic E-state index is 0.0692. The summed E-state index contributed by atoms with van der Waals surface area (Å²) in [4.78, 5) is 16.1. The minimum Gasteiger partial charge on any atom is -0.389 e. The second kappa shape index (κ2) is 6.50. The Kier molecular flexibility index (Phi) is 5.56. The highest BCUT2D eigenvalue weighted by atomic mass is 16.5. The summed E-state index contributed by atoms with van der Waals surface area (Å²) in [6.07, 6.45) is -0.351. The number of rotatable bonds is 5. The number of ether oxygens (including phenoxy) is 1. The van der Waals surface area contributed by atoms with Crippen LogP contribution in [-0.2, 0) is 9.53 Å². The van der Waals surface area contributed by atoms with E-state index in [0.717, 1.165) is 13.1 Å². The smallest absolute Gasteiger partial charge is 0.251 e. The Morgan fingerprint density at radius 3 is 2.33 bits per heavy atom. The molecule has 106 valence electrons. The number of amides is 1. The first kappa shape index (κ1) is 15.4. The van der Waals surface area contributed by atoms with E-state index in [9.17, 15) is 9.90 Å². The van der Waals surface area contributed by atoms with Crippen molar-refractivity contribution < 1.29 is 14.6 Å². The van der Waals surface area contributed by atoms with Crippen LogP contribution in [0.1, 0.15) is 27.7 Å². The number of aliphatic hydroxyl groups is 1. The maximum atomic E-state index is 12.0. The standard InChI is InChI=1S/C13H26N2O3/c1-5-18-11(2)12(16)15-8-6-14(7-9-15)10-13(3,4)17/h11,17H,5-10H2,1-4H3/t11-/m0/s1. The number of carbonyl (C=O) groups is 1. The zero-order valence-corrected chi connectivity index (χ0v) is 12.0. The molecule has 0 aliphatic carbocycles. The lowest BCUT2D eigenvalue weighted by molar-refractivity contribution is -0.144. The molecule has 0 aromatic heterocycles. The summed E-state index contributed by atoms with van der Waals surface area (Å²) in [6, 6.07) is 0. The van der Waals surface area contributed by atoms with Crippen LogP contribution in [0, 0.1) is 0 Å². The number of nitrogens with zero attached hydrogens (tertiary/aromatic N) is 2. The van der Waals surface area contributed by atoms with E-state index in [4.69, 9.17) is 4.74 Å². The average molecular weight is 258 g/mol. The van der Waals surface area contributed by atoms with Gasteiger partial charge in [-0.15, -0.1) is 0 Å². The first-order valence-electron chi connectivity index (χ1n) is 6.68. The van der Waals surface area contributed by atoms with Crippen molar-refractivity contribution in [2.75, 3.05) is 39.3 Å². The highest BCUT2D eigenvalue weighted by Crippen LogP contribution is 2.10. The van der Waals surface area contributed by atoms with Gasteiger partial charge in [-0.25, -0.2) is 0 Å². The molecule has 0 unspecified atom stereocenters. The van der Waals surface area contributed by atoms with Crippen LogP contribution >= 0.6 is 0 Å². The van der Waals surface area contributed by atoms with Gasteiger partial charge in [0.1, 0.15) is 6.10 Å². The number of piperazine rings is 1. The van der Waals surface area contributed by atoms with Crippen LogP contribution in [0.5, 0.6) is 0 Å². The van der Waals surface area contributed by atoms with E-state index < -0.39 is 5.60 Å². The third-order valence-corrected chi connectivity index (χ3v) is 3.06. The van der Waals surface area contributed by atoms with Crippen molar-refractivity contribution >= 4 is 5.91 Å². The molecule has 1 rings (SSSR count). The van der Waals surface area contributed by atoms with Crippen LogP contribution in [-0.4, -0.2) is 71.8 Å². The van der Waals surface area contributed by atoms with Crippen molar-refractivity contribution in [1.29, 1.82) is 0 Å². The van der Waals surface area contributed by atoms with Crippen molar-refractivity contribution in [2.24, 2.45) is 0 Å². The van der Waals surface area contributed by atoms with Gasteiger partial charge in [-0.05, 0) is 27.7 Å². The Morgan fingerprint density at radius 2 is 1.89 bits per heavy atom. The van der Waals surface area contributed by atoms with E-state index in [0.29, 0.717) is 26.2 Å². The van der Waals surface area contributed by atoms with Crippen molar-refractivity contribution in [3.05, 3.63) is 0 Å². The van der Waals surface area contributed by atoms with Crippen LogP contribution in [0.3, 0.4) is 0 Å². The van der Waals surface area contributed by atoms with Gasteiger partial charge in [0.2, 0.25) is 0 Å². The molecular formula is C13H26N2O3. The van der Waals surface area contributed by atoms with Gasteiger partial charge in [-0.3, -0.25) is 9.69 Å². The lowest BCUT2D eigenvalue weighted by Crippen LogP contribution is -2.53. The Morgan fingerprint density at radius 1 is 1.33 bits per heavy atom. The fraction of sp³-hybridized carbons (Fsp3) is 0.923. The van der Waals surface area contributed by atoms with E-state index in [1.165, 1.54) is 0 Å². The molecule has 18 heavy (non-hydrogen) atoms. The second-order valence-electron chi connectivity index (χ2n) is 5.51. The third-order valence-electron chi connectivity index (χ3n) is 3.06. The summed E-state index contributed by atoms with van der Waals surface area (Å²) in [6.45, 7) is 11.6. The summed E-state index contributed by atoms with van der Waals surface area (Å²) >= 11 is 0. The van der Waals surface area contributed by atoms with Crippen molar-refractivity contribution in [2.45, 2.75) is 39.4 Å². The molecule has 0 aromatic carbocycles. The van der Waals surface area contributed by atoms with Crippen LogP contribution in [0.15, 0.2) is 0 Å². The molecule has 1 fully saturated rings. The SMILES string of the molecule is CCO[C@@H](C)C(=O)N1CCN(CC(C)(C)O)CC1. The summed E-state index contributed by atoms with van der Waals surface area (Å²) in [5, 5.41) is 9.76. The fourth-order valence-corrected chi connectivity index (χ4v) is 2.25. The lowest BCUT2D eigenvalue weighted by Gasteiger charge is -2.38. The molecule has 1 saturated heterocycles. The Hall–Kier alpha value is -0.650. The van der Waals surface area contributed by atoms with Gasteiger partial charge in [0.25, 0.3) is 5.91 Å². The Labute approximate surface area is 110 Å². The molecule has 1 atom stereocenters. The molecule has 0 saturated carbocycles. The van der Waals surface area contributed by atoms with Crippen molar-refractivity contribution in [1.82, 2.24) is 9.80 Å². The van der Waals surface area contributed by atoms with Crippen LogP contribution in [0.25, 0.3) is 0 Å². The summed E-state index contributed by atoms with van der Waals surface area (Å²) in [5.41, 5.74) is -0.676. The summed E-state index contributed by atoms with van der Waals surface area (Å²) in [5.74, 6) is 0.0692. The van der Waals surface area contributed by atoms with Gasteiger partial charge in [0.15, 0.2) is 0 Å². The molecular weight excluding hydrogens is 232 g/mol. The van der Waals surface area contributed by atoms with Gasteiger partial charge in [0.05, 0.1) is 5.60 Å². The van der Waals surface area contributed by atoms with Crippen LogP contribution < -0.4 is 0 Å². The molecule has 1 N–H and O–H groups in total. The zero-order valence-electron chi connectivity index (χ0n) is 12.0. The van der Waals surface area contributed by atoms with Gasteiger partial charge in [-0.1, -0.05) is 0 Å². The molecule has 1 heterocycles. The Bertz CT molecular complexity index is 268. The summed E-state index contributed by atoms with van der Waals surface area (Å²) < 4.78 is 5.32. The minimum atomic E-state index is -0.676. The molecule has 0 radical (unpaired) electrons. The quantitative estimate of drug-likeness (QED) is 0.772. The highest BCUT2D eigenvalue weighted by molar-refractivity contribution is 5.80. The maximum Gasteiger partial charge on any atom is 0.251 e. The fourth-order valence-electron chi connectivity index (χ4n) is 2.25. The monoisotopic (exact) mass is 258 g/mol. The number of hydrogen-bond donors (Lipinski definition) is 1. The van der Waals surface area contributed by atoms with E-state index in [-0.39, 0.29) is 12.0 Å². The largest absolute Gasteiger partial charge is 0.389 e. The van der Waals surface area contributed by atoms with Crippen LogP contribution in [0.4, 0.5) is 0 Å². The first-order valence-corrected chi connectivity index (χ1v) is 6.68. The average Bonchev–Trinajstić information content (AvgIpc) is 2.27. The topological polar surface area (TPSA) is 53.0 Å². The van der Waals surface area contributed by atoms with Gasteiger partial charge < -0.3 is 14.7 Å². The van der Waals surface area contributed by atoms with Crippen LogP contribution in [0.2, 0.25) is 0 Å². The second-order valence-corrected chi connectivity index (χ2v) is 5.51. The highest BCUT2D eigenvalue weighted by Gasteiger charge is 2.27. The molecule has 0 spiro atoms. The van der Waals surface area contributed by atoms with E-state index in [1.54, 1.807) is 6.92 Å². The van der Waals surface area contributed by atoms with E-state index >= 15 is 0 Å². The molecule has 1 aliphatic heterocycles. The molecule has 1 aliphatic rings. The molecule has 5 heteroatoms. The molecule has 5 nitrogen and oxygen atoms in total. The van der Waals surface area contributed by atoms with E-state index in [1.807, 2.05) is 25.7 Å². The third kappa shape index (κ3) is 4.92. The Balaban J connectivity index is 2.37. The lowest BCUT2D eigenvalue weighted by atomic mass is 10.1. The number of hydrogen-bond acceptors (Lipinski definition) is 4.